The zero-order chi connectivity index (χ0) is 13.4. The standard InChI is InChI=1S/C6H7ClIN3O4S2/c7-3-1-4(11-8)6(17(10,14)15)2-5(3)16(9,12)13/h1-2,11H,(H2,9,12,13)(H2,10,14,15). The average Bonchev–Trinajstić information content (AvgIpc) is 2.13. The molecule has 0 amide bonds. The maximum atomic E-state index is 11.3. The van der Waals surface area contributed by atoms with Crippen LogP contribution in [0, 0.1) is 0 Å². The van der Waals surface area contributed by atoms with Crippen LogP contribution in [-0.2, 0) is 20.0 Å². The third-order valence-corrected chi connectivity index (χ3v) is 4.66. The van der Waals surface area contributed by atoms with Crippen LogP contribution in [0.15, 0.2) is 21.9 Å². The number of anilines is 1. The van der Waals surface area contributed by atoms with Crippen molar-refractivity contribution >= 4 is 60.2 Å². The van der Waals surface area contributed by atoms with Gasteiger partial charge in [0, 0.05) is 0 Å². The molecule has 0 saturated carbocycles. The molecule has 1 rings (SSSR count). The second-order valence-electron chi connectivity index (χ2n) is 2.96. The van der Waals surface area contributed by atoms with Crippen LogP contribution in [0.3, 0.4) is 0 Å². The molecule has 0 aliphatic rings. The molecule has 0 fully saturated rings. The monoisotopic (exact) mass is 411 g/mol. The Balaban J connectivity index is 3.73. The zero-order valence-corrected chi connectivity index (χ0v) is 12.6. The van der Waals surface area contributed by atoms with E-state index in [9.17, 15) is 16.8 Å². The molecule has 0 atom stereocenters. The number of nitrogens with one attached hydrogen (secondary N) is 1. The van der Waals surface area contributed by atoms with Crippen LogP contribution in [-0.4, -0.2) is 16.8 Å². The van der Waals surface area contributed by atoms with E-state index >= 15 is 0 Å². The van der Waals surface area contributed by atoms with Crippen LogP contribution in [0.25, 0.3) is 0 Å². The molecule has 11 heteroatoms. The molecular formula is C6H7ClIN3O4S2. The van der Waals surface area contributed by atoms with Gasteiger partial charge in [0.25, 0.3) is 0 Å². The fourth-order valence-corrected chi connectivity index (χ4v) is 3.56. The van der Waals surface area contributed by atoms with Crippen molar-refractivity contribution in [2.24, 2.45) is 10.3 Å². The van der Waals surface area contributed by atoms with Gasteiger partial charge in [0.2, 0.25) is 20.0 Å². The van der Waals surface area contributed by atoms with E-state index in [0.29, 0.717) is 0 Å². The minimum absolute atomic E-state index is 0.0745. The summed E-state index contributed by atoms with van der Waals surface area (Å²) in [5.41, 5.74) is 0.0745. The summed E-state index contributed by atoms with van der Waals surface area (Å²) in [6, 6.07) is 1.93. The fourth-order valence-electron chi connectivity index (χ4n) is 1.06. The predicted octanol–water partition coefficient (Wildman–Crippen LogP) is 0.397. The highest BCUT2D eigenvalue weighted by molar-refractivity contribution is 14.1. The summed E-state index contributed by atoms with van der Waals surface area (Å²) in [7, 11) is -8.21. The highest BCUT2D eigenvalue weighted by Gasteiger charge is 2.21. The Bertz CT molecular complexity index is 658. The van der Waals surface area contributed by atoms with E-state index in [1.54, 1.807) is 22.9 Å². The normalized spacial score (nSPS) is 12.5. The quantitative estimate of drug-likeness (QED) is 0.489. The second kappa shape index (κ2) is 4.85. The first-order chi connectivity index (χ1) is 7.57. The van der Waals surface area contributed by atoms with Gasteiger partial charge in [-0.15, -0.1) is 0 Å². The van der Waals surface area contributed by atoms with Crippen molar-refractivity contribution in [1.29, 1.82) is 0 Å². The summed E-state index contributed by atoms with van der Waals surface area (Å²) >= 11 is 7.34. The minimum atomic E-state index is -4.12. The van der Waals surface area contributed by atoms with Crippen molar-refractivity contribution < 1.29 is 16.8 Å². The molecule has 0 aliphatic heterocycles. The van der Waals surface area contributed by atoms with Crippen molar-refractivity contribution in [3.8, 4) is 0 Å². The van der Waals surface area contributed by atoms with Crippen LogP contribution >= 0.6 is 34.5 Å². The van der Waals surface area contributed by atoms with Crippen molar-refractivity contribution in [1.82, 2.24) is 0 Å². The van der Waals surface area contributed by atoms with Crippen LogP contribution in [0.2, 0.25) is 5.02 Å². The van der Waals surface area contributed by atoms with Gasteiger partial charge in [-0.2, -0.15) is 0 Å². The molecule has 17 heavy (non-hydrogen) atoms. The molecule has 0 aromatic heterocycles. The van der Waals surface area contributed by atoms with Crippen molar-refractivity contribution in [3.05, 3.63) is 17.2 Å². The van der Waals surface area contributed by atoms with Crippen molar-refractivity contribution in [3.63, 3.8) is 0 Å². The Morgan fingerprint density at radius 2 is 1.53 bits per heavy atom. The SMILES string of the molecule is NS(=O)(=O)c1cc(S(N)(=O)=O)c(NI)cc1Cl. The third-order valence-electron chi connectivity index (χ3n) is 1.75. The Morgan fingerprint density at radius 3 is 1.88 bits per heavy atom. The van der Waals surface area contributed by atoms with Crippen LogP contribution in [0.1, 0.15) is 0 Å². The van der Waals surface area contributed by atoms with E-state index in [-0.39, 0.29) is 10.7 Å². The lowest BCUT2D eigenvalue weighted by molar-refractivity contribution is 0.596. The van der Waals surface area contributed by atoms with Gasteiger partial charge >= 0.3 is 0 Å². The molecule has 0 heterocycles. The van der Waals surface area contributed by atoms with E-state index in [4.69, 9.17) is 21.9 Å². The lowest BCUT2D eigenvalue weighted by Gasteiger charge is -2.09. The van der Waals surface area contributed by atoms with Crippen LogP contribution in [0.4, 0.5) is 5.69 Å². The van der Waals surface area contributed by atoms with Crippen LogP contribution in [0.5, 0.6) is 0 Å². The first-order valence-corrected chi connectivity index (χ1v) is 8.38. The number of halogens is 2. The largest absolute Gasteiger partial charge is 0.327 e. The maximum Gasteiger partial charge on any atom is 0.240 e. The van der Waals surface area contributed by atoms with Gasteiger partial charge < -0.3 is 3.53 Å². The predicted molar refractivity (Wildman–Crippen MR) is 71.8 cm³/mol. The molecule has 5 N–H and O–H groups in total. The number of benzene rings is 1. The molecule has 0 bridgehead atoms. The van der Waals surface area contributed by atoms with E-state index in [1.807, 2.05) is 0 Å². The van der Waals surface area contributed by atoms with E-state index in [0.717, 1.165) is 12.1 Å². The second-order valence-corrected chi connectivity index (χ2v) is 6.97. The van der Waals surface area contributed by atoms with Crippen molar-refractivity contribution in [2.75, 3.05) is 3.53 Å². The maximum absolute atomic E-state index is 11.3. The van der Waals surface area contributed by atoms with E-state index < -0.39 is 29.8 Å². The smallest absolute Gasteiger partial charge is 0.240 e. The summed E-state index contributed by atoms with van der Waals surface area (Å²) in [5, 5.41) is 9.64. The molecule has 1 aromatic rings. The summed E-state index contributed by atoms with van der Waals surface area (Å²) < 4.78 is 47.4. The van der Waals surface area contributed by atoms with Gasteiger partial charge in [0.1, 0.15) is 9.79 Å². The molecule has 0 unspecified atom stereocenters. The number of primary sulfonamides is 2. The van der Waals surface area contributed by atoms with Gasteiger partial charge in [-0.3, -0.25) is 0 Å². The van der Waals surface area contributed by atoms with Gasteiger partial charge in [-0.25, -0.2) is 27.1 Å². The first kappa shape index (κ1) is 14.9. The molecule has 0 aliphatic carbocycles. The topological polar surface area (TPSA) is 132 Å². The van der Waals surface area contributed by atoms with Crippen molar-refractivity contribution in [2.45, 2.75) is 9.79 Å². The number of hydrogen-bond acceptors (Lipinski definition) is 5. The van der Waals surface area contributed by atoms with Gasteiger partial charge in [-0.1, -0.05) is 11.6 Å². The molecule has 0 radical (unpaired) electrons. The fraction of sp³-hybridized carbons (Fsp3) is 0. The Labute approximate surface area is 117 Å². The highest BCUT2D eigenvalue weighted by Crippen LogP contribution is 2.31. The van der Waals surface area contributed by atoms with Crippen LogP contribution < -0.4 is 13.8 Å². The van der Waals surface area contributed by atoms with Gasteiger partial charge in [0.15, 0.2) is 0 Å². The molecule has 0 saturated heterocycles. The first-order valence-electron chi connectivity index (χ1n) is 3.83. The molecule has 1 aromatic carbocycles. The Kier molecular flexibility index (Phi) is 4.26. The third kappa shape index (κ3) is 3.42. The number of nitrogens with two attached hydrogens (primary N) is 2. The Hall–Kier alpha value is -0.140. The molecule has 96 valence electrons. The number of sulfonamides is 2. The van der Waals surface area contributed by atoms with E-state index in [2.05, 4.69) is 3.53 Å². The molecule has 7 nitrogen and oxygen atoms in total. The Morgan fingerprint density at radius 1 is 1.06 bits per heavy atom. The molecule has 0 spiro atoms. The number of rotatable bonds is 3. The summed E-state index contributed by atoms with van der Waals surface area (Å²) in [6.45, 7) is 0. The summed E-state index contributed by atoms with van der Waals surface area (Å²) in [4.78, 5) is -0.904. The summed E-state index contributed by atoms with van der Waals surface area (Å²) in [6.07, 6.45) is 0. The van der Waals surface area contributed by atoms with Gasteiger partial charge in [0.05, 0.1) is 33.6 Å². The molecular weight excluding hydrogens is 405 g/mol. The number of hydrogen-bond donors (Lipinski definition) is 3. The minimum Gasteiger partial charge on any atom is -0.327 e. The highest BCUT2D eigenvalue weighted by atomic mass is 127. The zero-order valence-electron chi connectivity index (χ0n) is 8.01. The summed E-state index contributed by atoms with van der Waals surface area (Å²) in [5.74, 6) is 0. The average molecular weight is 412 g/mol. The van der Waals surface area contributed by atoms with E-state index in [1.165, 1.54) is 0 Å². The lowest BCUT2D eigenvalue weighted by atomic mass is 10.3. The van der Waals surface area contributed by atoms with Gasteiger partial charge in [-0.05, 0) is 12.1 Å². The lowest BCUT2D eigenvalue weighted by Crippen LogP contribution is -2.17.